The van der Waals surface area contributed by atoms with Crippen molar-refractivity contribution < 1.29 is 0 Å². The third kappa shape index (κ3) is 4.24. The highest BCUT2D eigenvalue weighted by Crippen LogP contribution is 2.24. The first-order chi connectivity index (χ1) is 8.84. The molecular formula is C15H21N3. The first kappa shape index (κ1) is 12.7. The average molecular weight is 243 g/mol. The van der Waals surface area contributed by atoms with Gasteiger partial charge in [0.2, 0.25) is 0 Å². The zero-order chi connectivity index (χ0) is 12.6. The first-order valence-electron chi connectivity index (χ1n) is 6.60. The Bertz CT molecular complexity index is 405. The maximum Gasteiger partial charge on any atom is 0.188 e. The molecule has 3 heteroatoms. The van der Waals surface area contributed by atoms with Gasteiger partial charge in [0.1, 0.15) is 0 Å². The smallest absolute Gasteiger partial charge is 0.188 e. The van der Waals surface area contributed by atoms with Gasteiger partial charge in [0.25, 0.3) is 0 Å². The van der Waals surface area contributed by atoms with Crippen LogP contribution in [0.5, 0.6) is 0 Å². The Hall–Kier alpha value is -1.77. The predicted octanol–water partition coefficient (Wildman–Crippen LogP) is 2.40. The molecule has 0 saturated heterocycles. The Kier molecular flexibility index (Phi) is 4.82. The minimum Gasteiger partial charge on any atom is -0.370 e. The molecule has 1 aliphatic rings. The molecule has 18 heavy (non-hydrogen) atoms. The van der Waals surface area contributed by atoms with Crippen LogP contribution in [0, 0.1) is 5.92 Å². The lowest BCUT2D eigenvalue weighted by atomic mass is 9.85. The molecule has 1 aliphatic carbocycles. The van der Waals surface area contributed by atoms with Crippen molar-refractivity contribution in [3.63, 3.8) is 0 Å². The summed E-state index contributed by atoms with van der Waals surface area (Å²) in [6.07, 6.45) is 8.10. The molecule has 2 rings (SSSR count). The van der Waals surface area contributed by atoms with Crippen LogP contribution >= 0.6 is 0 Å². The van der Waals surface area contributed by atoms with Crippen LogP contribution in [-0.4, -0.2) is 19.0 Å². The third-order valence-corrected chi connectivity index (χ3v) is 3.27. The number of rotatable bonds is 5. The molecule has 0 heterocycles. The lowest BCUT2D eigenvalue weighted by Crippen LogP contribution is -2.37. The van der Waals surface area contributed by atoms with E-state index < -0.39 is 0 Å². The zero-order valence-corrected chi connectivity index (χ0v) is 10.7. The van der Waals surface area contributed by atoms with E-state index in [0.717, 1.165) is 12.5 Å². The van der Waals surface area contributed by atoms with Crippen LogP contribution in [0.1, 0.15) is 24.8 Å². The van der Waals surface area contributed by atoms with E-state index in [2.05, 4.69) is 28.5 Å². The zero-order valence-electron chi connectivity index (χ0n) is 10.7. The molecular weight excluding hydrogens is 222 g/mol. The number of hydrogen-bond acceptors (Lipinski definition) is 1. The normalized spacial score (nSPS) is 16.8. The van der Waals surface area contributed by atoms with E-state index in [1.165, 1.54) is 24.8 Å². The fraction of sp³-hybridized carbons (Fsp3) is 0.400. The fourth-order valence-corrected chi connectivity index (χ4v) is 1.91. The maximum atomic E-state index is 5.79. The summed E-state index contributed by atoms with van der Waals surface area (Å²) in [4.78, 5) is 4.27. The molecule has 0 amide bonds. The molecule has 1 saturated carbocycles. The minimum atomic E-state index is 0.555. The van der Waals surface area contributed by atoms with Crippen molar-refractivity contribution in [1.82, 2.24) is 5.32 Å². The molecule has 3 nitrogen and oxygen atoms in total. The summed E-state index contributed by atoms with van der Waals surface area (Å²) in [5.41, 5.74) is 6.97. The van der Waals surface area contributed by atoms with Gasteiger partial charge in [-0.2, -0.15) is 0 Å². The molecule has 1 aromatic rings. The maximum absolute atomic E-state index is 5.79. The van der Waals surface area contributed by atoms with Gasteiger partial charge < -0.3 is 11.1 Å². The molecule has 3 N–H and O–H groups in total. The molecule has 0 aliphatic heterocycles. The van der Waals surface area contributed by atoms with Crippen LogP contribution in [0.15, 0.2) is 41.4 Å². The number of nitrogens with one attached hydrogen (secondary N) is 1. The highest BCUT2D eigenvalue weighted by molar-refractivity contribution is 5.77. The molecule has 0 aromatic heterocycles. The summed E-state index contributed by atoms with van der Waals surface area (Å²) in [6.45, 7) is 1.59. The lowest BCUT2D eigenvalue weighted by Gasteiger charge is -2.25. The Labute approximate surface area is 109 Å². The SMILES string of the molecule is NC(=NCC=Cc1ccccc1)NCC1CCC1. The van der Waals surface area contributed by atoms with E-state index in [1.807, 2.05) is 24.3 Å². The van der Waals surface area contributed by atoms with Gasteiger partial charge in [0, 0.05) is 6.54 Å². The number of nitrogens with two attached hydrogens (primary N) is 1. The minimum absolute atomic E-state index is 0.555. The van der Waals surface area contributed by atoms with E-state index in [4.69, 9.17) is 5.73 Å². The van der Waals surface area contributed by atoms with Crippen molar-refractivity contribution in [2.24, 2.45) is 16.6 Å². The second-order valence-electron chi connectivity index (χ2n) is 4.72. The van der Waals surface area contributed by atoms with Crippen LogP contribution in [-0.2, 0) is 0 Å². The Morgan fingerprint density at radius 1 is 1.33 bits per heavy atom. The Morgan fingerprint density at radius 2 is 2.11 bits per heavy atom. The average Bonchev–Trinajstić information content (AvgIpc) is 2.34. The number of guanidine groups is 1. The molecule has 96 valence electrons. The molecule has 0 atom stereocenters. The van der Waals surface area contributed by atoms with Crippen molar-refractivity contribution in [1.29, 1.82) is 0 Å². The van der Waals surface area contributed by atoms with Gasteiger partial charge >= 0.3 is 0 Å². The van der Waals surface area contributed by atoms with Gasteiger partial charge in [-0.05, 0) is 24.3 Å². The van der Waals surface area contributed by atoms with Crippen LogP contribution in [0.3, 0.4) is 0 Å². The van der Waals surface area contributed by atoms with Crippen LogP contribution in [0.4, 0.5) is 0 Å². The quantitative estimate of drug-likeness (QED) is 0.616. The van der Waals surface area contributed by atoms with E-state index >= 15 is 0 Å². The Balaban J connectivity index is 1.67. The van der Waals surface area contributed by atoms with E-state index in [1.54, 1.807) is 0 Å². The van der Waals surface area contributed by atoms with Gasteiger partial charge in [-0.1, -0.05) is 48.9 Å². The summed E-state index contributed by atoms with van der Waals surface area (Å²) in [7, 11) is 0. The predicted molar refractivity (Wildman–Crippen MR) is 77.3 cm³/mol. The number of benzene rings is 1. The van der Waals surface area contributed by atoms with E-state index in [0.29, 0.717) is 12.5 Å². The van der Waals surface area contributed by atoms with Crippen LogP contribution in [0.2, 0.25) is 0 Å². The summed E-state index contributed by atoms with van der Waals surface area (Å²) >= 11 is 0. The highest BCUT2D eigenvalue weighted by atomic mass is 15.1. The summed E-state index contributed by atoms with van der Waals surface area (Å²) in [5, 5.41) is 3.18. The van der Waals surface area contributed by atoms with Crippen molar-refractivity contribution in [3.8, 4) is 0 Å². The molecule has 0 spiro atoms. The molecule has 0 unspecified atom stereocenters. The van der Waals surface area contributed by atoms with Crippen molar-refractivity contribution in [3.05, 3.63) is 42.0 Å². The van der Waals surface area contributed by atoms with Crippen molar-refractivity contribution in [2.45, 2.75) is 19.3 Å². The van der Waals surface area contributed by atoms with Gasteiger partial charge in [-0.25, -0.2) is 4.99 Å². The number of hydrogen-bond donors (Lipinski definition) is 2. The second-order valence-corrected chi connectivity index (χ2v) is 4.72. The first-order valence-corrected chi connectivity index (χ1v) is 6.60. The fourth-order valence-electron chi connectivity index (χ4n) is 1.91. The van der Waals surface area contributed by atoms with Gasteiger partial charge in [0.15, 0.2) is 5.96 Å². The number of aliphatic imine (C=N–C) groups is 1. The van der Waals surface area contributed by atoms with Crippen molar-refractivity contribution in [2.75, 3.05) is 13.1 Å². The largest absolute Gasteiger partial charge is 0.370 e. The molecule has 0 bridgehead atoms. The topological polar surface area (TPSA) is 50.4 Å². The lowest BCUT2D eigenvalue weighted by molar-refractivity contribution is 0.315. The Morgan fingerprint density at radius 3 is 2.78 bits per heavy atom. The van der Waals surface area contributed by atoms with Crippen LogP contribution < -0.4 is 11.1 Å². The van der Waals surface area contributed by atoms with E-state index in [-0.39, 0.29) is 0 Å². The van der Waals surface area contributed by atoms with Gasteiger partial charge in [-0.15, -0.1) is 0 Å². The third-order valence-electron chi connectivity index (χ3n) is 3.27. The summed E-state index contributed by atoms with van der Waals surface area (Å²) in [6, 6.07) is 10.2. The molecule has 1 aromatic carbocycles. The summed E-state index contributed by atoms with van der Waals surface area (Å²) in [5.74, 6) is 1.36. The highest BCUT2D eigenvalue weighted by Gasteiger charge is 2.16. The number of nitrogens with zero attached hydrogens (tertiary/aromatic N) is 1. The summed E-state index contributed by atoms with van der Waals surface area (Å²) < 4.78 is 0. The second kappa shape index (κ2) is 6.84. The van der Waals surface area contributed by atoms with Gasteiger partial charge in [-0.3, -0.25) is 0 Å². The van der Waals surface area contributed by atoms with Crippen LogP contribution in [0.25, 0.3) is 6.08 Å². The van der Waals surface area contributed by atoms with E-state index in [9.17, 15) is 0 Å². The molecule has 1 fully saturated rings. The standard InChI is InChI=1S/C15H21N3/c16-15(18-12-14-8-4-9-14)17-11-5-10-13-6-2-1-3-7-13/h1-3,5-7,10,14H,4,8-9,11-12H2,(H3,16,17,18). The van der Waals surface area contributed by atoms with Gasteiger partial charge in [0.05, 0.1) is 6.54 Å². The monoisotopic (exact) mass is 243 g/mol. The molecule has 0 radical (unpaired) electrons. The van der Waals surface area contributed by atoms with Crippen molar-refractivity contribution >= 4 is 12.0 Å².